The summed E-state index contributed by atoms with van der Waals surface area (Å²) in [7, 11) is -5.26. The van der Waals surface area contributed by atoms with Gasteiger partial charge in [0.05, 0.1) is 0 Å². The molecule has 10 nitrogen and oxygen atoms in total. The molecule has 0 aliphatic carbocycles. The lowest BCUT2D eigenvalue weighted by Gasteiger charge is -2.38. The summed E-state index contributed by atoms with van der Waals surface area (Å²) in [5.74, 6) is -1.68. The van der Waals surface area contributed by atoms with E-state index in [0.29, 0.717) is 0 Å². The second-order valence-electron chi connectivity index (χ2n) is 3.24. The molecule has 0 aromatic heterocycles. The Bertz CT molecular complexity index is 390. The van der Waals surface area contributed by atoms with Crippen molar-refractivity contribution in [2.45, 2.75) is 30.7 Å². The van der Waals surface area contributed by atoms with Gasteiger partial charge in [0, 0.05) is 0 Å². The monoisotopic (exact) mass is 273 g/mol. The number of carbonyl (C=O) groups is 1. The number of aliphatic hydroxyl groups excluding tert-OH is 3. The van der Waals surface area contributed by atoms with Crippen LogP contribution in [0, 0.1) is 0 Å². The summed E-state index contributed by atoms with van der Waals surface area (Å²) in [5, 5.41) is 36.2. The Morgan fingerprint density at radius 1 is 1.24 bits per heavy atom. The lowest BCUT2D eigenvalue weighted by molar-refractivity contribution is -0.274. The fourth-order valence-electron chi connectivity index (χ4n) is 1.30. The van der Waals surface area contributed by atoms with Crippen LogP contribution in [0.15, 0.2) is 0 Å². The van der Waals surface area contributed by atoms with Crippen LogP contribution in [0.1, 0.15) is 0 Å². The second kappa shape index (κ2) is 4.81. The zero-order valence-electron chi connectivity index (χ0n) is 8.03. The molecule has 5 atom stereocenters. The van der Waals surface area contributed by atoms with Gasteiger partial charge in [-0.2, -0.15) is 0 Å². The molecule has 0 radical (unpaired) electrons. The van der Waals surface area contributed by atoms with Crippen molar-refractivity contribution in [3.8, 4) is 0 Å². The van der Waals surface area contributed by atoms with Crippen molar-refractivity contribution >= 4 is 16.4 Å². The van der Waals surface area contributed by atoms with Gasteiger partial charge in [-0.3, -0.25) is 4.18 Å². The van der Waals surface area contributed by atoms with Gasteiger partial charge in [-0.25, -0.2) is 13.2 Å². The quantitative estimate of drug-likeness (QED) is 0.296. The number of rotatable bonds is 3. The first-order valence-electron chi connectivity index (χ1n) is 4.20. The molecule has 17 heavy (non-hydrogen) atoms. The minimum atomic E-state index is -5.26. The number of aliphatic hydroxyl groups is 3. The molecular weight excluding hydrogens is 264 g/mol. The van der Waals surface area contributed by atoms with Crippen LogP contribution in [0.4, 0.5) is 0 Å². The van der Waals surface area contributed by atoms with Crippen LogP contribution in [0.5, 0.6) is 0 Å². The number of carboxylic acids is 1. The molecule has 0 spiro atoms. The third kappa shape index (κ3) is 3.32. The highest BCUT2D eigenvalue weighted by Gasteiger charge is 2.48. The molecule has 0 amide bonds. The van der Waals surface area contributed by atoms with Gasteiger partial charge in [-0.15, -0.1) is 0 Å². The van der Waals surface area contributed by atoms with E-state index in [9.17, 15) is 28.0 Å². The molecule has 0 saturated carbocycles. The van der Waals surface area contributed by atoms with Crippen LogP contribution >= 0.6 is 0 Å². The van der Waals surface area contributed by atoms with Gasteiger partial charge in [0.15, 0.2) is 18.5 Å². The first kappa shape index (κ1) is 14.2. The molecule has 0 aromatic rings. The molecule has 0 bridgehead atoms. The third-order valence-corrected chi connectivity index (χ3v) is 2.49. The van der Waals surface area contributed by atoms with Crippen molar-refractivity contribution in [2.24, 2.45) is 0 Å². The molecule has 100 valence electrons. The van der Waals surface area contributed by atoms with Crippen LogP contribution in [-0.4, -0.2) is 70.1 Å². The molecule has 4 N–H and O–H groups in total. The van der Waals surface area contributed by atoms with Gasteiger partial charge in [0.1, 0.15) is 12.2 Å². The lowest BCUT2D eigenvalue weighted by Crippen LogP contribution is -2.60. The van der Waals surface area contributed by atoms with Crippen molar-refractivity contribution < 1.29 is 47.1 Å². The van der Waals surface area contributed by atoms with E-state index < -0.39 is 47.1 Å². The summed E-state index contributed by atoms with van der Waals surface area (Å²) in [6.45, 7) is 0. The summed E-state index contributed by atoms with van der Waals surface area (Å²) in [6.07, 6.45) is -10.4. The first-order chi connectivity index (χ1) is 7.63. The van der Waals surface area contributed by atoms with Crippen LogP contribution in [0.2, 0.25) is 0 Å². The smallest absolute Gasteiger partial charge is 0.335 e. The van der Waals surface area contributed by atoms with Crippen LogP contribution in [0.3, 0.4) is 0 Å². The van der Waals surface area contributed by atoms with E-state index in [-0.39, 0.29) is 0 Å². The van der Waals surface area contributed by atoms with E-state index in [4.69, 9.17) is 10.2 Å². The molecule has 1 saturated heterocycles. The van der Waals surface area contributed by atoms with Gasteiger partial charge in [-0.1, -0.05) is 0 Å². The molecule has 0 unspecified atom stereocenters. The first-order valence-corrected chi connectivity index (χ1v) is 5.53. The maximum Gasteiger partial charge on any atom is 0.335 e. The van der Waals surface area contributed by atoms with E-state index in [1.807, 2.05) is 0 Å². The number of aliphatic carboxylic acids is 1. The number of carboxylic acid groups (broad SMARTS) is 1. The van der Waals surface area contributed by atoms with Crippen molar-refractivity contribution in [2.75, 3.05) is 0 Å². The molecule has 1 rings (SSSR count). The highest BCUT2D eigenvalue weighted by atomic mass is 32.3. The van der Waals surface area contributed by atoms with Gasteiger partial charge >= 0.3 is 5.97 Å². The summed E-state index contributed by atoms with van der Waals surface area (Å²) >= 11 is 0. The maximum atomic E-state index is 10.5. The van der Waals surface area contributed by atoms with E-state index in [1.165, 1.54) is 0 Å². The summed E-state index contributed by atoms with van der Waals surface area (Å²) in [5.41, 5.74) is 0. The fourth-order valence-corrected chi connectivity index (χ4v) is 1.78. The van der Waals surface area contributed by atoms with Crippen LogP contribution < -0.4 is 0 Å². The Kier molecular flexibility index (Phi) is 4.03. The number of ether oxygens (including phenoxy) is 1. The molecular formula is C6H9O10S-. The van der Waals surface area contributed by atoms with Crippen molar-refractivity contribution in [3.63, 3.8) is 0 Å². The normalized spacial score (nSPS) is 38.9. The number of hydrogen-bond acceptors (Lipinski definition) is 9. The Morgan fingerprint density at radius 3 is 2.18 bits per heavy atom. The third-order valence-electron chi connectivity index (χ3n) is 2.04. The van der Waals surface area contributed by atoms with Crippen molar-refractivity contribution in [1.82, 2.24) is 0 Å². The zero-order valence-corrected chi connectivity index (χ0v) is 8.85. The largest absolute Gasteiger partial charge is 0.726 e. The maximum absolute atomic E-state index is 10.5. The Morgan fingerprint density at radius 2 is 1.76 bits per heavy atom. The second-order valence-corrected chi connectivity index (χ2v) is 4.24. The average Bonchev–Trinajstić information content (AvgIpc) is 2.16. The Balaban J connectivity index is 2.87. The topological polar surface area (TPSA) is 174 Å². The zero-order chi connectivity index (χ0) is 13.4. The van der Waals surface area contributed by atoms with Crippen LogP contribution in [0.25, 0.3) is 0 Å². The predicted molar refractivity (Wildman–Crippen MR) is 45.1 cm³/mol. The minimum absolute atomic E-state index is 1.68. The highest BCUT2D eigenvalue weighted by molar-refractivity contribution is 7.80. The minimum Gasteiger partial charge on any atom is -0.726 e. The van der Waals surface area contributed by atoms with Gasteiger partial charge in [-0.05, 0) is 0 Å². The molecule has 1 aliphatic rings. The van der Waals surface area contributed by atoms with Crippen molar-refractivity contribution in [1.29, 1.82) is 0 Å². The highest BCUT2D eigenvalue weighted by Crippen LogP contribution is 2.23. The lowest BCUT2D eigenvalue weighted by atomic mass is 9.99. The molecule has 0 aromatic carbocycles. The molecule has 1 aliphatic heterocycles. The summed E-state index contributed by atoms with van der Waals surface area (Å²) < 4.78 is 38.8. The Labute approximate surface area is 95.0 Å². The SMILES string of the molecule is O=C(O)[C@@H]1O[C@@H](O)[C@H](OS(=O)(=O)[O-])[C@@H](O)[C@@H]1O. The van der Waals surface area contributed by atoms with Gasteiger partial charge in [0.25, 0.3) is 0 Å². The predicted octanol–water partition coefficient (Wildman–Crippen LogP) is -3.64. The Hall–Kier alpha value is -0.820. The van der Waals surface area contributed by atoms with E-state index >= 15 is 0 Å². The van der Waals surface area contributed by atoms with Crippen molar-refractivity contribution in [3.05, 3.63) is 0 Å². The summed E-state index contributed by atoms with van der Waals surface area (Å²) in [4.78, 5) is 10.5. The van der Waals surface area contributed by atoms with E-state index in [1.54, 1.807) is 0 Å². The summed E-state index contributed by atoms with van der Waals surface area (Å²) in [6, 6.07) is 0. The molecule has 1 fully saturated rings. The van der Waals surface area contributed by atoms with Crippen LogP contribution in [-0.2, 0) is 24.1 Å². The van der Waals surface area contributed by atoms with Gasteiger partial charge in [0.2, 0.25) is 10.4 Å². The molecule has 11 heteroatoms. The number of hydrogen-bond donors (Lipinski definition) is 4. The molecule has 1 heterocycles. The van der Waals surface area contributed by atoms with Gasteiger partial charge < -0.3 is 29.7 Å². The van der Waals surface area contributed by atoms with E-state index in [2.05, 4.69) is 8.92 Å². The average molecular weight is 273 g/mol. The standard InChI is InChI=1S/C6H10O10S/c7-1-2(8)4(16-17(12,13)14)6(11)15-3(1)5(9)10/h1-4,6-8,11H,(H,9,10)(H,12,13,14)/p-1/t1-,2-,3+,4+,6+/m0/s1. The van der Waals surface area contributed by atoms with E-state index in [0.717, 1.165) is 0 Å². The fraction of sp³-hybridized carbons (Fsp3) is 0.833.